The number of rotatable bonds is 5. The molecule has 2 aromatic rings. The molecular weight excluding hydrogens is 276 g/mol. The highest BCUT2D eigenvalue weighted by atomic mass is 16.5. The van der Waals surface area contributed by atoms with Gasteiger partial charge in [-0.05, 0) is 35.2 Å². The van der Waals surface area contributed by atoms with Crippen LogP contribution in [0.3, 0.4) is 0 Å². The fraction of sp³-hybridized carbons (Fsp3) is 0.333. The number of hydrogen-bond donors (Lipinski definition) is 2. The Bertz CT molecular complexity index is 657. The summed E-state index contributed by atoms with van der Waals surface area (Å²) in [5, 5.41) is 3.60. The lowest BCUT2D eigenvalue weighted by atomic mass is 10.1. The Morgan fingerprint density at radius 3 is 2.50 bits per heavy atom. The van der Waals surface area contributed by atoms with E-state index in [-0.39, 0.29) is 6.04 Å². The van der Waals surface area contributed by atoms with E-state index in [2.05, 4.69) is 35.6 Å². The first-order chi connectivity index (χ1) is 10.7. The summed E-state index contributed by atoms with van der Waals surface area (Å²) < 4.78 is 10.6. The van der Waals surface area contributed by atoms with Crippen molar-refractivity contribution in [1.29, 1.82) is 0 Å². The highest BCUT2D eigenvalue weighted by molar-refractivity contribution is 5.43. The Kier molecular flexibility index (Phi) is 4.32. The van der Waals surface area contributed by atoms with Gasteiger partial charge in [0.15, 0.2) is 11.5 Å². The molecule has 22 heavy (non-hydrogen) atoms. The average Bonchev–Trinajstić information content (AvgIpc) is 2.89. The highest BCUT2D eigenvalue weighted by Gasteiger charge is 2.27. The fourth-order valence-electron chi connectivity index (χ4n) is 3.10. The lowest BCUT2D eigenvalue weighted by molar-refractivity contribution is 0.354. The Morgan fingerprint density at radius 2 is 1.77 bits per heavy atom. The summed E-state index contributed by atoms with van der Waals surface area (Å²) in [5.74, 6) is 1.50. The maximum absolute atomic E-state index is 6.21. The van der Waals surface area contributed by atoms with Gasteiger partial charge in [-0.3, -0.25) is 0 Å². The molecule has 0 spiro atoms. The van der Waals surface area contributed by atoms with Crippen molar-refractivity contribution in [2.24, 2.45) is 5.73 Å². The molecule has 0 bridgehead atoms. The normalized spacial score (nSPS) is 19.8. The van der Waals surface area contributed by atoms with Crippen molar-refractivity contribution in [3.63, 3.8) is 0 Å². The van der Waals surface area contributed by atoms with E-state index in [0.29, 0.717) is 6.04 Å². The Labute approximate surface area is 131 Å². The van der Waals surface area contributed by atoms with E-state index in [9.17, 15) is 0 Å². The number of fused-ring (bicyclic) bond motifs is 1. The first-order valence-electron chi connectivity index (χ1n) is 7.51. The first-order valence-corrected chi connectivity index (χ1v) is 7.51. The molecule has 0 saturated carbocycles. The minimum Gasteiger partial charge on any atom is -0.493 e. The molecule has 3 N–H and O–H groups in total. The molecule has 0 amide bonds. The maximum atomic E-state index is 6.21. The summed E-state index contributed by atoms with van der Waals surface area (Å²) in [5.41, 5.74) is 9.95. The molecular formula is C18H22N2O2. The lowest BCUT2D eigenvalue weighted by Crippen LogP contribution is -2.19. The van der Waals surface area contributed by atoms with Gasteiger partial charge < -0.3 is 20.5 Å². The van der Waals surface area contributed by atoms with Crippen molar-refractivity contribution >= 4 is 0 Å². The van der Waals surface area contributed by atoms with Crippen molar-refractivity contribution < 1.29 is 9.47 Å². The fourth-order valence-corrected chi connectivity index (χ4v) is 3.10. The zero-order valence-corrected chi connectivity index (χ0v) is 13.0. The number of ether oxygens (including phenoxy) is 2. The molecule has 116 valence electrons. The van der Waals surface area contributed by atoms with Crippen LogP contribution in [0, 0.1) is 0 Å². The van der Waals surface area contributed by atoms with Gasteiger partial charge in [0.25, 0.3) is 0 Å². The molecule has 2 atom stereocenters. The second kappa shape index (κ2) is 6.38. The second-order valence-electron chi connectivity index (χ2n) is 5.59. The van der Waals surface area contributed by atoms with E-state index in [1.54, 1.807) is 14.2 Å². The quantitative estimate of drug-likeness (QED) is 0.891. The van der Waals surface area contributed by atoms with E-state index < -0.39 is 0 Å². The van der Waals surface area contributed by atoms with Crippen molar-refractivity contribution in [3.05, 3.63) is 59.2 Å². The third-order valence-electron chi connectivity index (χ3n) is 4.26. The zero-order chi connectivity index (χ0) is 15.5. The van der Waals surface area contributed by atoms with Gasteiger partial charge in [-0.25, -0.2) is 0 Å². The summed E-state index contributed by atoms with van der Waals surface area (Å²) >= 11 is 0. The van der Waals surface area contributed by atoms with Crippen molar-refractivity contribution in [1.82, 2.24) is 5.32 Å². The molecule has 4 heteroatoms. The number of benzene rings is 2. The summed E-state index contributed by atoms with van der Waals surface area (Å²) in [6, 6.07) is 14.8. The average molecular weight is 298 g/mol. The van der Waals surface area contributed by atoms with Crippen LogP contribution in [-0.4, -0.2) is 14.2 Å². The number of methoxy groups -OCH3 is 2. The van der Waals surface area contributed by atoms with Crippen LogP contribution in [0.1, 0.15) is 35.2 Å². The molecule has 2 aromatic carbocycles. The summed E-state index contributed by atoms with van der Waals surface area (Å²) in [6.45, 7) is 0.770. The Hall–Kier alpha value is -2.04. The Balaban J connectivity index is 1.71. The van der Waals surface area contributed by atoms with Crippen LogP contribution in [0.2, 0.25) is 0 Å². The molecule has 3 rings (SSSR count). The van der Waals surface area contributed by atoms with Gasteiger partial charge in [0.05, 0.1) is 14.2 Å². The largest absolute Gasteiger partial charge is 0.493 e. The summed E-state index contributed by atoms with van der Waals surface area (Å²) in [6.07, 6.45) is 0.937. The van der Waals surface area contributed by atoms with Crippen LogP contribution in [0.4, 0.5) is 0 Å². The van der Waals surface area contributed by atoms with Gasteiger partial charge in [0.1, 0.15) is 0 Å². The minimum absolute atomic E-state index is 0.124. The highest BCUT2D eigenvalue weighted by Crippen LogP contribution is 2.37. The third kappa shape index (κ3) is 2.80. The molecule has 0 saturated heterocycles. The monoisotopic (exact) mass is 298 g/mol. The number of nitrogens with one attached hydrogen (secondary N) is 1. The molecule has 0 heterocycles. The molecule has 0 aliphatic heterocycles. The van der Waals surface area contributed by atoms with Gasteiger partial charge in [0.2, 0.25) is 0 Å². The third-order valence-corrected chi connectivity index (χ3v) is 4.26. The SMILES string of the molecule is COc1ccc(CNC2CC(N)c3ccccc32)cc1OC. The second-order valence-corrected chi connectivity index (χ2v) is 5.59. The number of nitrogens with two attached hydrogens (primary N) is 1. The van der Waals surface area contributed by atoms with E-state index in [0.717, 1.165) is 30.0 Å². The molecule has 0 aromatic heterocycles. The molecule has 0 fully saturated rings. The van der Waals surface area contributed by atoms with Crippen molar-refractivity contribution in [2.75, 3.05) is 14.2 Å². The van der Waals surface area contributed by atoms with Crippen LogP contribution < -0.4 is 20.5 Å². The lowest BCUT2D eigenvalue weighted by Gasteiger charge is -2.15. The smallest absolute Gasteiger partial charge is 0.161 e. The topological polar surface area (TPSA) is 56.5 Å². The minimum atomic E-state index is 0.124. The molecule has 2 unspecified atom stereocenters. The number of hydrogen-bond acceptors (Lipinski definition) is 4. The summed E-state index contributed by atoms with van der Waals surface area (Å²) in [7, 11) is 3.30. The van der Waals surface area contributed by atoms with Gasteiger partial charge in [0, 0.05) is 18.6 Å². The van der Waals surface area contributed by atoms with Crippen molar-refractivity contribution in [3.8, 4) is 11.5 Å². The molecule has 1 aliphatic carbocycles. The van der Waals surface area contributed by atoms with Crippen LogP contribution >= 0.6 is 0 Å². The van der Waals surface area contributed by atoms with Gasteiger partial charge in [-0.1, -0.05) is 30.3 Å². The van der Waals surface area contributed by atoms with E-state index >= 15 is 0 Å². The van der Waals surface area contributed by atoms with Gasteiger partial charge in [-0.2, -0.15) is 0 Å². The van der Waals surface area contributed by atoms with E-state index in [4.69, 9.17) is 15.2 Å². The van der Waals surface area contributed by atoms with Crippen LogP contribution in [0.15, 0.2) is 42.5 Å². The molecule has 4 nitrogen and oxygen atoms in total. The predicted octanol–water partition coefficient (Wildman–Crippen LogP) is 2.94. The van der Waals surface area contributed by atoms with Crippen LogP contribution in [0.5, 0.6) is 11.5 Å². The standard InChI is InChI=1S/C18H22N2O2/c1-21-17-8-7-12(9-18(17)22-2)11-20-16-10-15(19)13-5-3-4-6-14(13)16/h3-9,15-16,20H,10-11,19H2,1-2H3. The zero-order valence-electron chi connectivity index (χ0n) is 13.0. The van der Waals surface area contributed by atoms with E-state index in [1.807, 2.05) is 12.1 Å². The van der Waals surface area contributed by atoms with Crippen LogP contribution in [-0.2, 0) is 6.54 Å². The van der Waals surface area contributed by atoms with Crippen molar-refractivity contribution in [2.45, 2.75) is 25.0 Å². The summed E-state index contributed by atoms with van der Waals surface area (Å²) in [4.78, 5) is 0. The van der Waals surface area contributed by atoms with E-state index in [1.165, 1.54) is 11.1 Å². The predicted molar refractivity (Wildman–Crippen MR) is 87.1 cm³/mol. The van der Waals surface area contributed by atoms with Crippen LogP contribution in [0.25, 0.3) is 0 Å². The van der Waals surface area contributed by atoms with Gasteiger partial charge >= 0.3 is 0 Å². The van der Waals surface area contributed by atoms with Gasteiger partial charge in [-0.15, -0.1) is 0 Å². The molecule has 0 radical (unpaired) electrons. The first kappa shape index (κ1) is 14.9. The Morgan fingerprint density at radius 1 is 1.05 bits per heavy atom. The molecule has 1 aliphatic rings. The maximum Gasteiger partial charge on any atom is 0.161 e.